The van der Waals surface area contributed by atoms with E-state index in [1.165, 1.54) is 12.1 Å². The molecule has 4 rings (SSSR count). The zero-order valence-electron chi connectivity index (χ0n) is 16.6. The fourth-order valence-electron chi connectivity index (χ4n) is 3.63. The normalized spacial score (nSPS) is 16.2. The van der Waals surface area contributed by atoms with Gasteiger partial charge < -0.3 is 9.80 Å². The number of carbonyl (C=O) groups is 1. The van der Waals surface area contributed by atoms with Crippen LogP contribution in [0.2, 0.25) is 0 Å². The minimum absolute atomic E-state index is 0.0672. The summed E-state index contributed by atoms with van der Waals surface area (Å²) >= 11 is 1.62. The van der Waals surface area contributed by atoms with E-state index in [1.54, 1.807) is 41.7 Å². The van der Waals surface area contributed by atoms with Gasteiger partial charge in [0.2, 0.25) is 5.91 Å². The molecule has 1 saturated heterocycles. The highest BCUT2D eigenvalue weighted by molar-refractivity contribution is 7.16. The molecule has 1 aliphatic heterocycles. The molecule has 1 fully saturated rings. The minimum Gasteiger partial charge on any atom is -0.353 e. The van der Waals surface area contributed by atoms with E-state index in [0.29, 0.717) is 6.54 Å². The number of nitrogens with zero attached hydrogens (tertiary/aromatic N) is 5. The lowest BCUT2D eigenvalue weighted by atomic mass is 10.1. The third kappa shape index (κ3) is 4.23. The zero-order chi connectivity index (χ0) is 20.4. The number of thiophene rings is 1. The van der Waals surface area contributed by atoms with E-state index in [9.17, 15) is 9.18 Å². The van der Waals surface area contributed by atoms with E-state index in [4.69, 9.17) is 0 Å². The van der Waals surface area contributed by atoms with E-state index in [1.807, 2.05) is 12.3 Å². The maximum Gasteiger partial charge on any atom is 0.236 e. The molecule has 0 N–H and O–H groups in total. The first-order valence-electron chi connectivity index (χ1n) is 9.69. The Balaban J connectivity index is 1.33. The predicted molar refractivity (Wildman–Crippen MR) is 114 cm³/mol. The van der Waals surface area contributed by atoms with Gasteiger partial charge in [0.05, 0.1) is 18.0 Å². The number of likely N-dealkylation sites (N-methyl/N-ethyl adjacent to an activating group) is 1. The Kier molecular flexibility index (Phi) is 5.73. The summed E-state index contributed by atoms with van der Waals surface area (Å²) in [5, 5.41) is 3.13. The molecule has 152 valence electrons. The number of halogens is 1. The van der Waals surface area contributed by atoms with Crippen LogP contribution in [-0.4, -0.2) is 65.4 Å². The van der Waals surface area contributed by atoms with E-state index in [-0.39, 0.29) is 17.8 Å². The number of amides is 1. The summed E-state index contributed by atoms with van der Waals surface area (Å²) in [6.07, 6.45) is 1.62. The lowest BCUT2D eigenvalue weighted by molar-refractivity contribution is -0.133. The average Bonchev–Trinajstić information content (AvgIpc) is 3.23. The third-order valence-corrected chi connectivity index (χ3v) is 6.42. The van der Waals surface area contributed by atoms with Gasteiger partial charge in [0.1, 0.15) is 22.8 Å². The van der Waals surface area contributed by atoms with Gasteiger partial charge in [-0.05, 0) is 36.1 Å². The summed E-state index contributed by atoms with van der Waals surface area (Å²) in [5.74, 6) is 0.776. The van der Waals surface area contributed by atoms with Gasteiger partial charge in [-0.2, -0.15) is 0 Å². The van der Waals surface area contributed by atoms with Crippen LogP contribution in [0.15, 0.2) is 42.0 Å². The van der Waals surface area contributed by atoms with Gasteiger partial charge in [-0.1, -0.05) is 12.1 Å². The first-order chi connectivity index (χ1) is 14.0. The summed E-state index contributed by atoms with van der Waals surface area (Å²) < 4.78 is 13.1. The second-order valence-corrected chi connectivity index (χ2v) is 8.23. The Hall–Kier alpha value is -2.58. The molecule has 3 aromatic rings. The van der Waals surface area contributed by atoms with Crippen molar-refractivity contribution in [2.24, 2.45) is 0 Å². The predicted octanol–water partition coefficient (Wildman–Crippen LogP) is 3.17. The summed E-state index contributed by atoms with van der Waals surface area (Å²) in [6, 6.07) is 8.29. The maximum absolute atomic E-state index is 13.1. The number of piperazine rings is 1. The molecule has 0 aliphatic carbocycles. The molecule has 2 aromatic heterocycles. The highest BCUT2D eigenvalue weighted by Gasteiger charge is 2.24. The highest BCUT2D eigenvalue weighted by Crippen LogP contribution is 2.27. The molecule has 8 heteroatoms. The van der Waals surface area contributed by atoms with Crippen molar-refractivity contribution in [3.8, 4) is 0 Å². The van der Waals surface area contributed by atoms with Gasteiger partial charge >= 0.3 is 0 Å². The molecule has 0 spiro atoms. The molecule has 1 aliphatic rings. The molecule has 1 amide bonds. The number of carbonyl (C=O) groups excluding carboxylic acids is 1. The molecular formula is C21H24FN5OS. The zero-order valence-corrected chi connectivity index (χ0v) is 17.4. The second-order valence-electron chi connectivity index (χ2n) is 7.33. The smallest absolute Gasteiger partial charge is 0.236 e. The Morgan fingerprint density at radius 3 is 2.62 bits per heavy atom. The fourth-order valence-corrected chi connectivity index (χ4v) is 4.36. The van der Waals surface area contributed by atoms with Crippen LogP contribution in [0.4, 0.5) is 10.2 Å². The van der Waals surface area contributed by atoms with Crippen LogP contribution in [0.1, 0.15) is 18.5 Å². The number of fused-ring (bicyclic) bond motifs is 1. The van der Waals surface area contributed by atoms with Gasteiger partial charge in [-0.15, -0.1) is 11.3 Å². The number of rotatable bonds is 5. The van der Waals surface area contributed by atoms with E-state index in [2.05, 4.69) is 25.8 Å². The summed E-state index contributed by atoms with van der Waals surface area (Å²) in [6.45, 7) is 5.61. The van der Waals surface area contributed by atoms with Crippen molar-refractivity contribution in [2.45, 2.75) is 13.0 Å². The lowest BCUT2D eigenvalue weighted by Gasteiger charge is -2.36. The summed E-state index contributed by atoms with van der Waals surface area (Å²) in [5.41, 5.74) is 0.926. The summed E-state index contributed by atoms with van der Waals surface area (Å²) in [7, 11) is 1.81. The second kappa shape index (κ2) is 8.42. The first-order valence-corrected chi connectivity index (χ1v) is 10.6. The van der Waals surface area contributed by atoms with Crippen molar-refractivity contribution in [1.29, 1.82) is 0 Å². The SMILES string of the molecule is CC(c1ccc(F)cc1)N(C)C(=O)CN1CCN(c2ncnc3sccc23)CC1. The molecule has 1 aromatic carbocycles. The average molecular weight is 414 g/mol. The number of aromatic nitrogens is 2. The lowest BCUT2D eigenvalue weighted by Crippen LogP contribution is -2.50. The van der Waals surface area contributed by atoms with Crippen molar-refractivity contribution in [3.63, 3.8) is 0 Å². The van der Waals surface area contributed by atoms with E-state index < -0.39 is 0 Å². The van der Waals surface area contributed by atoms with Crippen molar-refractivity contribution in [3.05, 3.63) is 53.4 Å². The van der Waals surface area contributed by atoms with Crippen molar-refractivity contribution in [2.75, 3.05) is 44.7 Å². The van der Waals surface area contributed by atoms with Gasteiger partial charge in [0.25, 0.3) is 0 Å². The van der Waals surface area contributed by atoms with Crippen LogP contribution in [0, 0.1) is 5.82 Å². The summed E-state index contributed by atoms with van der Waals surface area (Å²) in [4.78, 5) is 28.7. The Labute approximate surface area is 173 Å². The number of hydrogen-bond acceptors (Lipinski definition) is 6. The number of hydrogen-bond donors (Lipinski definition) is 0. The third-order valence-electron chi connectivity index (χ3n) is 5.60. The van der Waals surface area contributed by atoms with Crippen LogP contribution >= 0.6 is 11.3 Å². The molecule has 0 bridgehead atoms. The number of anilines is 1. The Bertz CT molecular complexity index is 984. The van der Waals surface area contributed by atoms with Gasteiger partial charge in [0, 0.05) is 33.2 Å². The molecule has 29 heavy (non-hydrogen) atoms. The van der Waals surface area contributed by atoms with Gasteiger partial charge in [-0.3, -0.25) is 9.69 Å². The molecule has 1 unspecified atom stereocenters. The van der Waals surface area contributed by atoms with Crippen LogP contribution in [0.3, 0.4) is 0 Å². The van der Waals surface area contributed by atoms with Crippen LogP contribution in [0.5, 0.6) is 0 Å². The molecule has 0 saturated carbocycles. The molecule has 0 radical (unpaired) electrons. The van der Waals surface area contributed by atoms with E-state index >= 15 is 0 Å². The number of benzene rings is 1. The topological polar surface area (TPSA) is 52.6 Å². The van der Waals surface area contributed by atoms with Crippen molar-refractivity contribution < 1.29 is 9.18 Å². The molecule has 6 nitrogen and oxygen atoms in total. The Morgan fingerprint density at radius 1 is 1.17 bits per heavy atom. The maximum atomic E-state index is 13.1. The van der Waals surface area contributed by atoms with E-state index in [0.717, 1.165) is 47.8 Å². The van der Waals surface area contributed by atoms with Gasteiger partial charge in [0.15, 0.2) is 0 Å². The van der Waals surface area contributed by atoms with Crippen molar-refractivity contribution >= 4 is 33.3 Å². The minimum atomic E-state index is -0.267. The largest absolute Gasteiger partial charge is 0.353 e. The van der Waals surface area contributed by atoms with Crippen molar-refractivity contribution in [1.82, 2.24) is 19.8 Å². The Morgan fingerprint density at radius 2 is 1.90 bits per heavy atom. The molecular weight excluding hydrogens is 389 g/mol. The van der Waals surface area contributed by atoms with Gasteiger partial charge in [-0.25, -0.2) is 14.4 Å². The van der Waals surface area contributed by atoms with Crippen LogP contribution < -0.4 is 4.90 Å². The standard InChI is InChI=1S/C21H24FN5OS/c1-15(16-3-5-17(22)6-4-16)25(2)19(28)13-26-8-10-27(11-9-26)20-18-7-12-29-21(18)24-14-23-20/h3-7,12,14-15H,8-11,13H2,1-2H3. The first kappa shape index (κ1) is 19.7. The highest BCUT2D eigenvalue weighted by atomic mass is 32.1. The molecule has 1 atom stereocenters. The van der Waals surface area contributed by atoms with Crippen LogP contribution in [-0.2, 0) is 4.79 Å². The molecule has 3 heterocycles. The van der Waals surface area contributed by atoms with Crippen LogP contribution in [0.25, 0.3) is 10.2 Å². The quantitative estimate of drug-likeness (QED) is 0.643. The fraction of sp³-hybridized carbons (Fsp3) is 0.381. The monoisotopic (exact) mass is 413 g/mol.